The molecule has 29 heavy (non-hydrogen) atoms. The van der Waals surface area contributed by atoms with E-state index in [0.29, 0.717) is 25.8 Å². The molecule has 1 aromatic rings. The summed E-state index contributed by atoms with van der Waals surface area (Å²) >= 11 is 0. The SMILES string of the molecule is CC(C)(C)OC(=O)N[C@@H](Cc1ccccc1)C(=O)NCC1CCC(C(=O)[O-])CC1. The number of benzene rings is 1. The van der Waals surface area contributed by atoms with Crippen molar-refractivity contribution in [1.29, 1.82) is 0 Å². The van der Waals surface area contributed by atoms with Crippen LogP contribution in [0.15, 0.2) is 30.3 Å². The van der Waals surface area contributed by atoms with Gasteiger partial charge in [-0.2, -0.15) is 0 Å². The molecule has 1 aliphatic rings. The van der Waals surface area contributed by atoms with E-state index in [4.69, 9.17) is 4.74 Å². The molecule has 0 aromatic heterocycles. The maximum Gasteiger partial charge on any atom is 0.408 e. The molecule has 1 atom stereocenters. The minimum Gasteiger partial charge on any atom is -0.550 e. The molecule has 7 nitrogen and oxygen atoms in total. The number of aliphatic carboxylic acids is 1. The predicted molar refractivity (Wildman–Crippen MR) is 107 cm³/mol. The Morgan fingerprint density at radius 3 is 2.28 bits per heavy atom. The van der Waals surface area contributed by atoms with E-state index in [1.807, 2.05) is 30.3 Å². The Hall–Kier alpha value is -2.57. The van der Waals surface area contributed by atoms with E-state index < -0.39 is 23.7 Å². The highest BCUT2D eigenvalue weighted by Gasteiger charge is 2.26. The molecule has 2 N–H and O–H groups in total. The van der Waals surface area contributed by atoms with Crippen LogP contribution in [0, 0.1) is 11.8 Å². The largest absolute Gasteiger partial charge is 0.550 e. The van der Waals surface area contributed by atoms with Crippen molar-refractivity contribution in [2.75, 3.05) is 6.54 Å². The zero-order chi connectivity index (χ0) is 21.4. The van der Waals surface area contributed by atoms with Gasteiger partial charge in [-0.05, 0) is 63.9 Å². The topological polar surface area (TPSA) is 108 Å². The fourth-order valence-corrected chi connectivity index (χ4v) is 3.48. The Balaban J connectivity index is 1.93. The van der Waals surface area contributed by atoms with E-state index >= 15 is 0 Å². The van der Waals surface area contributed by atoms with Crippen molar-refractivity contribution in [3.05, 3.63) is 35.9 Å². The fourth-order valence-electron chi connectivity index (χ4n) is 3.48. The molecule has 0 bridgehead atoms. The van der Waals surface area contributed by atoms with E-state index in [0.717, 1.165) is 18.4 Å². The van der Waals surface area contributed by atoms with Crippen LogP contribution in [0.4, 0.5) is 4.79 Å². The third-order valence-corrected chi connectivity index (χ3v) is 5.04. The summed E-state index contributed by atoms with van der Waals surface area (Å²) in [7, 11) is 0. The number of carboxylic acids is 1. The standard InChI is InChI=1S/C22H32N2O5/c1-22(2,3)29-21(28)24-18(13-15-7-5-4-6-8-15)19(25)23-14-16-9-11-17(12-10-16)20(26)27/h4-8,16-18H,9-14H2,1-3H3,(H,23,25)(H,24,28)(H,26,27)/p-1/t16?,17?,18-/m0/s1. The number of hydrogen-bond acceptors (Lipinski definition) is 5. The minimum absolute atomic E-state index is 0.230. The second-order valence-corrected chi connectivity index (χ2v) is 8.67. The van der Waals surface area contributed by atoms with E-state index in [1.165, 1.54) is 0 Å². The maximum atomic E-state index is 12.8. The Labute approximate surface area is 172 Å². The highest BCUT2D eigenvalue weighted by molar-refractivity contribution is 5.86. The molecular weight excluding hydrogens is 372 g/mol. The predicted octanol–water partition coefficient (Wildman–Crippen LogP) is 1.79. The van der Waals surface area contributed by atoms with Gasteiger partial charge in [-0.25, -0.2) is 4.79 Å². The summed E-state index contributed by atoms with van der Waals surface area (Å²) in [6, 6.07) is 8.70. The summed E-state index contributed by atoms with van der Waals surface area (Å²) in [5.41, 5.74) is 0.272. The van der Waals surface area contributed by atoms with Gasteiger partial charge >= 0.3 is 6.09 Å². The Bertz CT molecular complexity index is 691. The van der Waals surface area contributed by atoms with E-state index in [-0.39, 0.29) is 17.7 Å². The average Bonchev–Trinajstić information content (AvgIpc) is 2.65. The third-order valence-electron chi connectivity index (χ3n) is 5.04. The van der Waals surface area contributed by atoms with Crippen molar-refractivity contribution in [2.24, 2.45) is 11.8 Å². The number of rotatable bonds is 7. The molecule has 160 valence electrons. The van der Waals surface area contributed by atoms with Crippen LogP contribution in [0.3, 0.4) is 0 Å². The lowest BCUT2D eigenvalue weighted by molar-refractivity contribution is -0.312. The van der Waals surface area contributed by atoms with Gasteiger partial charge in [0.25, 0.3) is 0 Å². The number of ether oxygens (including phenoxy) is 1. The van der Waals surface area contributed by atoms with Gasteiger partial charge in [0, 0.05) is 18.9 Å². The van der Waals surface area contributed by atoms with Crippen LogP contribution < -0.4 is 15.7 Å². The normalized spacial score (nSPS) is 20.4. The third kappa shape index (κ3) is 8.13. The number of carbonyl (C=O) groups is 3. The molecule has 0 unspecified atom stereocenters. The summed E-state index contributed by atoms with van der Waals surface area (Å²) in [5, 5.41) is 16.5. The molecule has 0 saturated heterocycles. The fraction of sp³-hybridized carbons (Fsp3) is 0.591. The zero-order valence-corrected chi connectivity index (χ0v) is 17.4. The molecule has 1 fully saturated rings. The van der Waals surface area contributed by atoms with Gasteiger partial charge < -0.3 is 25.3 Å². The van der Waals surface area contributed by atoms with Crippen molar-refractivity contribution >= 4 is 18.0 Å². The number of amides is 2. The summed E-state index contributed by atoms with van der Waals surface area (Å²) in [6.45, 7) is 5.76. The van der Waals surface area contributed by atoms with Crippen LogP contribution in [-0.4, -0.2) is 36.2 Å². The summed E-state index contributed by atoms with van der Waals surface area (Å²) in [5.74, 6) is -1.42. The molecule has 1 saturated carbocycles. The average molecular weight is 403 g/mol. The molecule has 7 heteroatoms. The van der Waals surface area contributed by atoms with Gasteiger partial charge in [0.1, 0.15) is 11.6 Å². The van der Waals surface area contributed by atoms with Crippen molar-refractivity contribution in [1.82, 2.24) is 10.6 Å². The number of nitrogens with one attached hydrogen (secondary N) is 2. The lowest BCUT2D eigenvalue weighted by atomic mass is 9.82. The Morgan fingerprint density at radius 1 is 1.10 bits per heavy atom. The zero-order valence-electron chi connectivity index (χ0n) is 17.4. The van der Waals surface area contributed by atoms with Crippen LogP contribution in [0.5, 0.6) is 0 Å². The van der Waals surface area contributed by atoms with E-state index in [2.05, 4.69) is 10.6 Å². The van der Waals surface area contributed by atoms with E-state index in [9.17, 15) is 19.5 Å². The van der Waals surface area contributed by atoms with Crippen LogP contribution in [0.1, 0.15) is 52.0 Å². The minimum atomic E-state index is -0.989. The number of carbonyl (C=O) groups excluding carboxylic acids is 3. The van der Waals surface area contributed by atoms with Gasteiger partial charge in [-0.1, -0.05) is 30.3 Å². The highest BCUT2D eigenvalue weighted by Crippen LogP contribution is 2.27. The monoisotopic (exact) mass is 403 g/mol. The number of carboxylic acid groups (broad SMARTS) is 1. The van der Waals surface area contributed by atoms with E-state index in [1.54, 1.807) is 20.8 Å². The molecular formula is C22H31N2O5-. The molecule has 2 rings (SSSR count). The van der Waals surface area contributed by atoms with Crippen LogP contribution in [0.25, 0.3) is 0 Å². The van der Waals surface area contributed by atoms with Gasteiger partial charge in [-0.15, -0.1) is 0 Å². The number of hydrogen-bond donors (Lipinski definition) is 2. The van der Waals surface area contributed by atoms with Gasteiger partial charge in [0.2, 0.25) is 5.91 Å². The van der Waals surface area contributed by atoms with Gasteiger partial charge in [0.05, 0.1) is 0 Å². The Kier molecular flexibility index (Phi) is 8.05. The van der Waals surface area contributed by atoms with Crippen LogP contribution in [0.2, 0.25) is 0 Å². The first-order chi connectivity index (χ1) is 13.6. The summed E-state index contributed by atoms with van der Waals surface area (Å²) in [6.07, 6.45) is 2.34. The molecule has 1 aliphatic carbocycles. The molecule has 0 heterocycles. The smallest absolute Gasteiger partial charge is 0.408 e. The lowest BCUT2D eigenvalue weighted by Gasteiger charge is -2.29. The maximum absolute atomic E-state index is 12.8. The van der Waals surface area contributed by atoms with Gasteiger partial charge in [0.15, 0.2) is 0 Å². The van der Waals surface area contributed by atoms with Gasteiger partial charge in [-0.3, -0.25) is 4.79 Å². The first-order valence-electron chi connectivity index (χ1n) is 10.2. The second kappa shape index (κ2) is 10.3. The Morgan fingerprint density at radius 2 is 1.72 bits per heavy atom. The second-order valence-electron chi connectivity index (χ2n) is 8.67. The van der Waals surface area contributed by atoms with Crippen molar-refractivity contribution < 1.29 is 24.2 Å². The first kappa shape index (κ1) is 22.7. The molecule has 2 amide bonds. The summed E-state index contributed by atoms with van der Waals surface area (Å²) < 4.78 is 5.29. The van der Waals surface area contributed by atoms with Crippen molar-refractivity contribution in [3.63, 3.8) is 0 Å². The molecule has 0 radical (unpaired) electrons. The van der Waals surface area contributed by atoms with Crippen molar-refractivity contribution in [2.45, 2.75) is 64.5 Å². The number of alkyl carbamates (subject to hydrolysis) is 1. The molecule has 1 aromatic carbocycles. The lowest BCUT2D eigenvalue weighted by Crippen LogP contribution is -2.50. The van der Waals surface area contributed by atoms with Crippen LogP contribution in [-0.2, 0) is 20.7 Å². The van der Waals surface area contributed by atoms with Crippen LogP contribution >= 0.6 is 0 Å². The highest BCUT2D eigenvalue weighted by atomic mass is 16.6. The van der Waals surface area contributed by atoms with Crippen molar-refractivity contribution in [3.8, 4) is 0 Å². The molecule has 0 spiro atoms. The first-order valence-corrected chi connectivity index (χ1v) is 10.2. The molecule has 0 aliphatic heterocycles. The quantitative estimate of drug-likeness (QED) is 0.722. The summed E-state index contributed by atoms with van der Waals surface area (Å²) in [4.78, 5) is 35.9.